The van der Waals surface area contributed by atoms with Crippen LogP contribution >= 0.6 is 11.8 Å². The Labute approximate surface area is 66.1 Å². The monoisotopic (exact) mass is 155 g/mol. The second kappa shape index (κ2) is 3.26. The van der Waals surface area contributed by atoms with Crippen molar-refractivity contribution in [3.8, 4) is 0 Å². The molecule has 0 aromatic rings. The van der Waals surface area contributed by atoms with Gasteiger partial charge in [-0.05, 0) is 18.4 Å². The third kappa shape index (κ3) is 1.44. The number of allylic oxidation sites excluding steroid dienone is 2. The lowest BCUT2D eigenvalue weighted by Crippen LogP contribution is -2.21. The van der Waals surface area contributed by atoms with Crippen molar-refractivity contribution in [2.24, 2.45) is 0 Å². The average molecular weight is 155 g/mol. The topological polar surface area (TPSA) is 9.23 Å². The molecule has 55 valence electrons. The van der Waals surface area contributed by atoms with Crippen LogP contribution in [0.5, 0.6) is 0 Å². The Morgan fingerprint density at radius 3 is 2.20 bits per heavy atom. The van der Waals surface area contributed by atoms with E-state index < -0.39 is 0 Å². The molecule has 1 aliphatic carbocycles. The largest absolute Gasteiger partial charge is 0.360 e. The smallest absolute Gasteiger partial charge is 0.150 e. The molecule has 0 N–H and O–H groups in total. The number of thioether (sulfide) groups is 1. The molecule has 0 bridgehead atoms. The van der Waals surface area contributed by atoms with E-state index in [9.17, 15) is 0 Å². The lowest BCUT2D eigenvalue weighted by molar-refractivity contribution is 0.150. The Kier molecular flexibility index (Phi) is 2.57. The highest BCUT2D eigenvalue weighted by molar-refractivity contribution is 8.00. The molecule has 0 spiro atoms. The molecule has 1 nitrogen and oxygen atoms in total. The van der Waals surface area contributed by atoms with Gasteiger partial charge in [-0.3, -0.25) is 0 Å². The molecule has 0 fully saturated rings. The summed E-state index contributed by atoms with van der Waals surface area (Å²) in [5.41, 5.74) is 0. The fourth-order valence-electron chi connectivity index (χ4n) is 0.855. The first-order valence-corrected chi connectivity index (χ1v) is 4.36. The van der Waals surface area contributed by atoms with Gasteiger partial charge in [-0.1, -0.05) is 12.2 Å². The van der Waals surface area contributed by atoms with Gasteiger partial charge >= 0.3 is 0 Å². The lowest BCUT2D eigenvalue weighted by atomic mass is 10.1. The molecule has 0 heterocycles. The van der Waals surface area contributed by atoms with Crippen LogP contribution in [-0.4, -0.2) is 18.3 Å². The van der Waals surface area contributed by atoms with Gasteiger partial charge in [0.25, 0.3) is 0 Å². The van der Waals surface area contributed by atoms with Crippen LogP contribution < -0.4 is 0 Å². The van der Waals surface area contributed by atoms with E-state index in [-0.39, 0.29) is 4.93 Å². The number of hydrogen-bond donors (Lipinski definition) is 0. The average Bonchev–Trinajstić information content (AvgIpc) is 2.06. The highest BCUT2D eigenvalue weighted by Crippen LogP contribution is 2.29. The summed E-state index contributed by atoms with van der Waals surface area (Å²) >= 11 is 1.68. The molecule has 0 amide bonds. The van der Waals surface area contributed by atoms with Gasteiger partial charge < -0.3 is 4.74 Å². The van der Waals surface area contributed by atoms with Crippen LogP contribution in [0.3, 0.4) is 0 Å². The minimum atomic E-state index is -0.214. The summed E-state index contributed by atoms with van der Waals surface area (Å²) in [6, 6.07) is 0. The Morgan fingerprint density at radius 1 is 1.30 bits per heavy atom. The summed E-state index contributed by atoms with van der Waals surface area (Å²) in [4.78, 5) is -0.214. The summed E-state index contributed by atoms with van der Waals surface area (Å²) in [6.07, 6.45) is 12.1. The first kappa shape index (κ1) is 7.89. The standard InChI is InChI=1S/C8H11OS/c1-9-8(10-2)6-4-3-5-7-8/h3-7H,1-2H3. The van der Waals surface area contributed by atoms with Gasteiger partial charge in [0.05, 0.1) is 0 Å². The summed E-state index contributed by atoms with van der Waals surface area (Å²) in [5, 5.41) is 0. The Balaban J connectivity index is 2.71. The van der Waals surface area contributed by atoms with E-state index >= 15 is 0 Å². The second-order valence-electron chi connectivity index (χ2n) is 2.04. The second-order valence-corrected chi connectivity index (χ2v) is 3.09. The molecule has 2 heteroatoms. The van der Waals surface area contributed by atoms with E-state index in [0.29, 0.717) is 0 Å². The van der Waals surface area contributed by atoms with E-state index in [0.717, 1.165) is 0 Å². The molecular formula is C8H11OS. The van der Waals surface area contributed by atoms with Gasteiger partial charge in [0, 0.05) is 13.5 Å². The van der Waals surface area contributed by atoms with E-state index in [1.807, 2.05) is 37.0 Å². The van der Waals surface area contributed by atoms with Gasteiger partial charge in [-0.25, -0.2) is 0 Å². The first-order valence-electron chi connectivity index (χ1n) is 3.14. The maximum absolute atomic E-state index is 5.30. The molecule has 0 unspecified atom stereocenters. The van der Waals surface area contributed by atoms with E-state index in [4.69, 9.17) is 4.74 Å². The normalized spacial score (nSPS) is 21.4. The van der Waals surface area contributed by atoms with Gasteiger partial charge in [-0.15, -0.1) is 11.8 Å². The van der Waals surface area contributed by atoms with Gasteiger partial charge in [-0.2, -0.15) is 0 Å². The Morgan fingerprint density at radius 2 is 1.90 bits per heavy atom. The molecule has 0 saturated heterocycles. The third-order valence-corrected chi connectivity index (χ3v) is 2.59. The van der Waals surface area contributed by atoms with Crippen molar-refractivity contribution in [3.63, 3.8) is 0 Å². The Hall–Kier alpha value is -0.210. The lowest BCUT2D eigenvalue weighted by Gasteiger charge is -2.24. The summed E-state index contributed by atoms with van der Waals surface area (Å²) in [6.45, 7) is 0. The van der Waals surface area contributed by atoms with E-state index in [2.05, 4.69) is 0 Å². The molecule has 1 radical (unpaired) electrons. The quantitative estimate of drug-likeness (QED) is 0.564. The zero-order valence-electron chi connectivity index (χ0n) is 6.20. The maximum Gasteiger partial charge on any atom is 0.150 e. The van der Waals surface area contributed by atoms with Crippen molar-refractivity contribution in [1.82, 2.24) is 0 Å². The zero-order chi connectivity index (χ0) is 7.45. The molecule has 0 aliphatic heterocycles. The van der Waals surface area contributed by atoms with Crippen molar-refractivity contribution in [3.05, 3.63) is 30.7 Å². The van der Waals surface area contributed by atoms with E-state index in [1.165, 1.54) is 0 Å². The van der Waals surface area contributed by atoms with Gasteiger partial charge in [0.2, 0.25) is 0 Å². The number of methoxy groups -OCH3 is 1. The molecular weight excluding hydrogens is 144 g/mol. The number of hydrogen-bond acceptors (Lipinski definition) is 2. The predicted molar refractivity (Wildman–Crippen MR) is 45.8 cm³/mol. The molecule has 0 atom stereocenters. The van der Waals surface area contributed by atoms with Crippen molar-refractivity contribution in [2.45, 2.75) is 4.93 Å². The van der Waals surface area contributed by atoms with Crippen molar-refractivity contribution >= 4 is 11.8 Å². The third-order valence-electron chi connectivity index (χ3n) is 1.52. The Bertz CT molecular complexity index is 143. The first-order chi connectivity index (χ1) is 4.83. The highest BCUT2D eigenvalue weighted by atomic mass is 32.2. The fraction of sp³-hybridized carbons (Fsp3) is 0.375. The fourth-order valence-corrected chi connectivity index (χ4v) is 1.45. The molecule has 0 aromatic carbocycles. The van der Waals surface area contributed by atoms with Crippen molar-refractivity contribution in [1.29, 1.82) is 0 Å². The van der Waals surface area contributed by atoms with Crippen LogP contribution in [0.15, 0.2) is 24.3 Å². The van der Waals surface area contributed by atoms with Crippen molar-refractivity contribution < 1.29 is 4.74 Å². The molecule has 1 rings (SSSR count). The van der Waals surface area contributed by atoms with Gasteiger partial charge in [0.15, 0.2) is 4.93 Å². The van der Waals surface area contributed by atoms with Crippen LogP contribution in [0.25, 0.3) is 0 Å². The zero-order valence-corrected chi connectivity index (χ0v) is 7.02. The van der Waals surface area contributed by atoms with Crippen LogP contribution in [0.4, 0.5) is 0 Å². The number of rotatable bonds is 2. The molecule has 0 saturated carbocycles. The predicted octanol–water partition coefficient (Wildman–Crippen LogP) is 2.02. The molecule has 1 aliphatic rings. The summed E-state index contributed by atoms with van der Waals surface area (Å²) < 4.78 is 5.30. The maximum atomic E-state index is 5.30. The van der Waals surface area contributed by atoms with Crippen LogP contribution in [0, 0.1) is 6.42 Å². The molecule has 0 aromatic heterocycles. The van der Waals surface area contributed by atoms with Crippen molar-refractivity contribution in [2.75, 3.05) is 13.4 Å². The minimum Gasteiger partial charge on any atom is -0.360 e. The number of ether oxygens (including phenoxy) is 1. The highest BCUT2D eigenvalue weighted by Gasteiger charge is 2.22. The summed E-state index contributed by atoms with van der Waals surface area (Å²) in [7, 11) is 1.72. The van der Waals surface area contributed by atoms with Gasteiger partial charge in [0.1, 0.15) is 0 Å². The van der Waals surface area contributed by atoms with Crippen LogP contribution in [0.2, 0.25) is 0 Å². The van der Waals surface area contributed by atoms with Crippen LogP contribution in [-0.2, 0) is 4.74 Å². The SMILES string of the molecule is COC1(SC)C=C[CH]C=C1. The van der Waals surface area contributed by atoms with Crippen LogP contribution in [0.1, 0.15) is 0 Å². The van der Waals surface area contributed by atoms with E-state index in [1.54, 1.807) is 18.9 Å². The summed E-state index contributed by atoms with van der Waals surface area (Å²) in [5.74, 6) is 0. The minimum absolute atomic E-state index is 0.214. The molecule has 10 heavy (non-hydrogen) atoms.